The number of benzene rings is 2. The van der Waals surface area contributed by atoms with Crippen molar-refractivity contribution in [1.29, 1.82) is 0 Å². The van der Waals surface area contributed by atoms with E-state index in [9.17, 15) is 0 Å². The third-order valence-electron chi connectivity index (χ3n) is 4.80. The maximum atomic E-state index is 3.94. The van der Waals surface area contributed by atoms with Crippen LogP contribution in [0, 0.1) is 6.92 Å². The Balaban J connectivity index is 1.74. The largest absolute Gasteiger partial charge is 0.307 e. The number of hydrogen-bond donors (Lipinski definition) is 1. The van der Waals surface area contributed by atoms with Gasteiger partial charge in [0.05, 0.1) is 0 Å². The zero-order valence-corrected chi connectivity index (χ0v) is 13.6. The van der Waals surface area contributed by atoms with Crippen LogP contribution >= 0.6 is 0 Å². The van der Waals surface area contributed by atoms with Gasteiger partial charge in [-0.05, 0) is 37.3 Å². The number of hydrogen-bond acceptors (Lipinski definition) is 1. The molecule has 1 atom stereocenters. The smallest absolute Gasteiger partial charge is 0.0363 e. The van der Waals surface area contributed by atoms with Gasteiger partial charge in [-0.25, -0.2) is 0 Å². The summed E-state index contributed by atoms with van der Waals surface area (Å²) >= 11 is 0. The van der Waals surface area contributed by atoms with Crippen LogP contribution in [0.3, 0.4) is 0 Å². The van der Waals surface area contributed by atoms with Crippen molar-refractivity contribution in [3.05, 3.63) is 71.3 Å². The summed E-state index contributed by atoms with van der Waals surface area (Å²) in [6.45, 7) is 2.15. The molecule has 1 fully saturated rings. The lowest BCUT2D eigenvalue weighted by Crippen LogP contribution is -2.35. The Morgan fingerprint density at radius 1 is 0.909 bits per heavy atom. The highest BCUT2D eigenvalue weighted by molar-refractivity contribution is 5.26. The molecular weight excluding hydrogens is 266 g/mol. The van der Waals surface area contributed by atoms with E-state index in [0.717, 1.165) is 6.42 Å². The minimum absolute atomic E-state index is 0.423. The van der Waals surface area contributed by atoms with E-state index < -0.39 is 0 Å². The topological polar surface area (TPSA) is 12.0 Å². The zero-order chi connectivity index (χ0) is 15.2. The summed E-state index contributed by atoms with van der Waals surface area (Å²) in [5, 5.41) is 3.94. The number of aryl methyl sites for hydroxylation is 1. The summed E-state index contributed by atoms with van der Waals surface area (Å²) in [6, 6.07) is 21.0. The lowest BCUT2D eigenvalue weighted by molar-refractivity contribution is 0.337. The Hall–Kier alpha value is -1.60. The van der Waals surface area contributed by atoms with E-state index in [1.54, 1.807) is 0 Å². The summed E-state index contributed by atoms with van der Waals surface area (Å²) < 4.78 is 0. The summed E-state index contributed by atoms with van der Waals surface area (Å²) in [5.74, 6) is 0. The van der Waals surface area contributed by atoms with Gasteiger partial charge in [0, 0.05) is 12.1 Å². The molecule has 0 unspecified atom stereocenters. The van der Waals surface area contributed by atoms with Crippen LogP contribution in [-0.2, 0) is 6.42 Å². The molecule has 0 spiro atoms. The minimum Gasteiger partial charge on any atom is -0.307 e. The molecule has 0 amide bonds. The highest BCUT2D eigenvalue weighted by Gasteiger charge is 2.19. The Morgan fingerprint density at radius 3 is 2.27 bits per heavy atom. The lowest BCUT2D eigenvalue weighted by Gasteiger charge is -2.29. The van der Waals surface area contributed by atoms with Crippen LogP contribution in [0.15, 0.2) is 54.6 Å². The predicted octanol–water partition coefficient (Wildman–Crippen LogP) is 5.20. The van der Waals surface area contributed by atoms with Gasteiger partial charge >= 0.3 is 0 Å². The van der Waals surface area contributed by atoms with Crippen LogP contribution in [-0.4, -0.2) is 6.04 Å². The molecule has 2 aromatic rings. The van der Waals surface area contributed by atoms with Gasteiger partial charge in [-0.1, -0.05) is 79.4 Å². The molecular formula is C21H27N. The van der Waals surface area contributed by atoms with E-state index in [1.807, 2.05) is 0 Å². The Kier molecular flexibility index (Phi) is 5.29. The fraction of sp³-hybridized carbons (Fsp3) is 0.429. The molecule has 0 aromatic heterocycles. The second kappa shape index (κ2) is 7.60. The molecule has 22 heavy (non-hydrogen) atoms. The molecule has 0 aliphatic heterocycles. The second-order valence-electron chi connectivity index (χ2n) is 6.65. The van der Waals surface area contributed by atoms with Crippen molar-refractivity contribution in [3.8, 4) is 0 Å². The lowest BCUT2D eigenvalue weighted by atomic mass is 9.92. The average molecular weight is 293 g/mol. The second-order valence-corrected chi connectivity index (χ2v) is 6.65. The van der Waals surface area contributed by atoms with Gasteiger partial charge in [0.25, 0.3) is 0 Å². The van der Waals surface area contributed by atoms with E-state index >= 15 is 0 Å². The molecule has 1 N–H and O–H groups in total. The third-order valence-corrected chi connectivity index (χ3v) is 4.80. The number of nitrogens with one attached hydrogen (secondary N) is 1. The van der Waals surface area contributed by atoms with Crippen molar-refractivity contribution < 1.29 is 0 Å². The van der Waals surface area contributed by atoms with Crippen LogP contribution in [0.1, 0.15) is 54.8 Å². The molecule has 0 radical (unpaired) electrons. The first-order valence-corrected chi connectivity index (χ1v) is 8.68. The van der Waals surface area contributed by atoms with E-state index in [4.69, 9.17) is 0 Å². The molecule has 0 heterocycles. The predicted molar refractivity (Wildman–Crippen MR) is 94.1 cm³/mol. The van der Waals surface area contributed by atoms with E-state index in [-0.39, 0.29) is 0 Å². The first-order valence-electron chi connectivity index (χ1n) is 8.68. The van der Waals surface area contributed by atoms with Crippen molar-refractivity contribution in [3.63, 3.8) is 0 Å². The van der Waals surface area contributed by atoms with Crippen LogP contribution < -0.4 is 5.32 Å². The maximum absolute atomic E-state index is 3.94. The first kappa shape index (κ1) is 15.3. The summed E-state index contributed by atoms with van der Waals surface area (Å²) in [4.78, 5) is 0. The minimum atomic E-state index is 0.423. The van der Waals surface area contributed by atoms with Crippen LogP contribution in [0.2, 0.25) is 0 Å². The van der Waals surface area contributed by atoms with Gasteiger partial charge in [-0.2, -0.15) is 0 Å². The fourth-order valence-corrected chi connectivity index (χ4v) is 3.47. The van der Waals surface area contributed by atoms with Crippen molar-refractivity contribution in [1.82, 2.24) is 5.32 Å². The van der Waals surface area contributed by atoms with Crippen LogP contribution in [0.5, 0.6) is 0 Å². The van der Waals surface area contributed by atoms with Crippen molar-refractivity contribution in [2.45, 2.75) is 57.5 Å². The van der Waals surface area contributed by atoms with Crippen molar-refractivity contribution >= 4 is 0 Å². The summed E-state index contributed by atoms with van der Waals surface area (Å²) in [7, 11) is 0. The SMILES string of the molecule is Cc1ccc(C[C@H](NC2CCCCC2)c2ccccc2)cc1. The van der Waals surface area contributed by atoms with Crippen LogP contribution in [0.4, 0.5) is 0 Å². The molecule has 2 aromatic carbocycles. The molecule has 1 heteroatoms. The number of rotatable bonds is 5. The van der Waals surface area contributed by atoms with Gasteiger partial charge < -0.3 is 5.32 Å². The Labute approximate surface area is 134 Å². The molecule has 0 bridgehead atoms. The molecule has 1 aliphatic rings. The molecule has 116 valence electrons. The highest BCUT2D eigenvalue weighted by atomic mass is 14.9. The third kappa shape index (κ3) is 4.20. The zero-order valence-electron chi connectivity index (χ0n) is 13.6. The van der Waals surface area contributed by atoms with Crippen LogP contribution in [0.25, 0.3) is 0 Å². The molecule has 0 saturated heterocycles. The Bertz CT molecular complexity index is 552. The average Bonchev–Trinajstić information content (AvgIpc) is 2.58. The van der Waals surface area contributed by atoms with E-state index in [1.165, 1.54) is 48.8 Å². The van der Waals surface area contributed by atoms with Gasteiger partial charge in [0.1, 0.15) is 0 Å². The quantitative estimate of drug-likeness (QED) is 0.799. The molecule has 3 rings (SSSR count). The van der Waals surface area contributed by atoms with Gasteiger partial charge in [0.2, 0.25) is 0 Å². The summed E-state index contributed by atoms with van der Waals surface area (Å²) in [6.07, 6.45) is 7.90. The van der Waals surface area contributed by atoms with E-state index in [0.29, 0.717) is 12.1 Å². The van der Waals surface area contributed by atoms with Gasteiger partial charge in [-0.3, -0.25) is 0 Å². The standard InChI is InChI=1S/C21H27N/c1-17-12-14-18(15-13-17)16-21(19-8-4-2-5-9-19)22-20-10-6-3-7-11-20/h2,4-5,8-9,12-15,20-22H,3,6-7,10-11,16H2,1H3/t21-/m0/s1. The van der Waals surface area contributed by atoms with Gasteiger partial charge in [-0.15, -0.1) is 0 Å². The molecule has 1 nitrogen and oxygen atoms in total. The summed E-state index contributed by atoms with van der Waals surface area (Å²) in [5.41, 5.74) is 4.16. The molecule has 1 saturated carbocycles. The normalized spacial score (nSPS) is 17.3. The van der Waals surface area contributed by atoms with Gasteiger partial charge in [0.15, 0.2) is 0 Å². The monoisotopic (exact) mass is 293 g/mol. The van der Waals surface area contributed by atoms with Crippen molar-refractivity contribution in [2.75, 3.05) is 0 Å². The Morgan fingerprint density at radius 2 is 1.59 bits per heavy atom. The first-order chi connectivity index (χ1) is 10.8. The highest BCUT2D eigenvalue weighted by Crippen LogP contribution is 2.24. The maximum Gasteiger partial charge on any atom is 0.0363 e. The van der Waals surface area contributed by atoms with Crippen molar-refractivity contribution in [2.24, 2.45) is 0 Å². The van der Waals surface area contributed by atoms with E-state index in [2.05, 4.69) is 66.8 Å². The molecule has 1 aliphatic carbocycles. The fourth-order valence-electron chi connectivity index (χ4n) is 3.47.